The molecular formula is C20H13Br2Cl2NO3. The number of cyclic esters (lactones) is 1. The smallest absolute Gasteiger partial charge is 0.336 e. The van der Waals surface area contributed by atoms with Gasteiger partial charge in [0.15, 0.2) is 5.76 Å². The van der Waals surface area contributed by atoms with Crippen LogP contribution in [0.15, 0.2) is 63.3 Å². The molecule has 1 heterocycles. The van der Waals surface area contributed by atoms with Gasteiger partial charge in [-0.15, -0.1) is 0 Å². The second-order valence-corrected chi connectivity index (χ2v) is 9.44. The lowest BCUT2D eigenvalue weighted by molar-refractivity contribution is -0.132. The molecule has 0 saturated carbocycles. The summed E-state index contributed by atoms with van der Waals surface area (Å²) in [5.41, 5.74) is 2.98. The van der Waals surface area contributed by atoms with Crippen molar-refractivity contribution in [2.75, 3.05) is 5.32 Å². The molecule has 0 aliphatic carbocycles. The molecular weight excluding hydrogens is 533 g/mol. The van der Waals surface area contributed by atoms with Gasteiger partial charge in [0, 0.05) is 33.8 Å². The number of hydrogen-bond donors (Lipinski definition) is 1. The van der Waals surface area contributed by atoms with Crippen LogP contribution in [-0.2, 0) is 27.2 Å². The molecule has 1 aliphatic rings. The molecule has 2 aromatic carbocycles. The number of benzene rings is 2. The second-order valence-electron chi connectivity index (χ2n) is 5.98. The first-order valence-electron chi connectivity index (χ1n) is 8.13. The summed E-state index contributed by atoms with van der Waals surface area (Å²) < 4.78 is 5.72. The highest BCUT2D eigenvalue weighted by molar-refractivity contribution is 9.28. The fourth-order valence-corrected chi connectivity index (χ4v) is 3.89. The van der Waals surface area contributed by atoms with Gasteiger partial charge >= 0.3 is 5.97 Å². The summed E-state index contributed by atoms with van der Waals surface area (Å²) in [6, 6.07) is 12.5. The normalized spacial score (nSPS) is 13.2. The van der Waals surface area contributed by atoms with E-state index in [-0.39, 0.29) is 12.3 Å². The maximum absolute atomic E-state index is 12.3. The number of allylic oxidation sites excluding steroid dienone is 1. The predicted molar refractivity (Wildman–Crippen MR) is 118 cm³/mol. The average Bonchev–Trinajstić information content (AvgIpc) is 3.00. The van der Waals surface area contributed by atoms with Gasteiger partial charge in [-0.1, -0.05) is 41.4 Å². The Kier molecular flexibility index (Phi) is 6.99. The lowest BCUT2D eigenvalue weighted by atomic mass is 10.0. The van der Waals surface area contributed by atoms with Crippen LogP contribution in [0.1, 0.15) is 11.1 Å². The number of ether oxygens (including phenoxy) is 1. The highest BCUT2D eigenvalue weighted by Gasteiger charge is 2.22. The molecule has 1 amide bonds. The third kappa shape index (κ3) is 5.26. The van der Waals surface area contributed by atoms with E-state index in [1.54, 1.807) is 30.3 Å². The van der Waals surface area contributed by atoms with E-state index in [0.717, 1.165) is 11.1 Å². The number of amides is 1. The van der Waals surface area contributed by atoms with E-state index >= 15 is 0 Å². The van der Waals surface area contributed by atoms with Gasteiger partial charge in [0.05, 0.1) is 6.42 Å². The minimum absolute atomic E-state index is 0.0834. The van der Waals surface area contributed by atoms with Gasteiger partial charge < -0.3 is 10.1 Å². The Morgan fingerprint density at radius 1 is 1.04 bits per heavy atom. The molecule has 0 unspecified atom stereocenters. The number of esters is 1. The molecule has 0 atom stereocenters. The number of carbonyl (C=O) groups excluding carboxylic acids is 2. The Balaban J connectivity index is 1.65. The van der Waals surface area contributed by atoms with Gasteiger partial charge in [-0.2, -0.15) is 0 Å². The standard InChI is InChI=1S/C20H13Br2Cl2NO3/c21-20(22)19-12(9-18(27)28-19)8-11-4-6-13(7-5-11)25-17(26)10-14-15(23)2-1-3-16(14)24/h1-7,9H,8,10H2,(H,25,26). The number of anilines is 1. The van der Waals surface area contributed by atoms with Gasteiger partial charge in [0.25, 0.3) is 0 Å². The minimum Gasteiger partial charge on any atom is -0.421 e. The van der Waals surface area contributed by atoms with Crippen molar-refractivity contribution in [2.45, 2.75) is 12.8 Å². The molecule has 4 nitrogen and oxygen atoms in total. The van der Waals surface area contributed by atoms with E-state index in [4.69, 9.17) is 27.9 Å². The van der Waals surface area contributed by atoms with E-state index in [1.165, 1.54) is 6.08 Å². The number of halogens is 4. The van der Waals surface area contributed by atoms with Gasteiger partial charge in [-0.05, 0) is 67.3 Å². The quantitative estimate of drug-likeness (QED) is 0.458. The third-order valence-corrected chi connectivity index (χ3v) is 5.42. The predicted octanol–water partition coefficient (Wildman–Crippen LogP) is 6.16. The first-order valence-corrected chi connectivity index (χ1v) is 10.5. The molecule has 0 spiro atoms. The van der Waals surface area contributed by atoms with Crippen LogP contribution < -0.4 is 5.32 Å². The van der Waals surface area contributed by atoms with Crippen LogP contribution in [0.3, 0.4) is 0 Å². The van der Waals surface area contributed by atoms with Crippen molar-refractivity contribution in [1.82, 2.24) is 0 Å². The van der Waals surface area contributed by atoms with E-state index in [9.17, 15) is 9.59 Å². The molecule has 0 bridgehead atoms. The Morgan fingerprint density at radius 2 is 1.68 bits per heavy atom. The van der Waals surface area contributed by atoms with E-state index in [1.807, 2.05) is 12.1 Å². The van der Waals surface area contributed by atoms with Gasteiger partial charge in [0.2, 0.25) is 5.91 Å². The van der Waals surface area contributed by atoms with Crippen molar-refractivity contribution < 1.29 is 14.3 Å². The molecule has 0 saturated heterocycles. The van der Waals surface area contributed by atoms with E-state index in [0.29, 0.717) is 36.9 Å². The van der Waals surface area contributed by atoms with Crippen LogP contribution in [0.4, 0.5) is 5.69 Å². The first-order chi connectivity index (χ1) is 13.3. The van der Waals surface area contributed by atoms with Gasteiger partial charge in [-0.3, -0.25) is 4.79 Å². The van der Waals surface area contributed by atoms with E-state index < -0.39 is 5.97 Å². The number of rotatable bonds is 5. The molecule has 1 N–H and O–H groups in total. The fraction of sp³-hybridized carbons (Fsp3) is 0.100. The minimum atomic E-state index is -0.400. The summed E-state index contributed by atoms with van der Waals surface area (Å²) in [5, 5.41) is 3.75. The molecule has 144 valence electrons. The van der Waals surface area contributed by atoms with Crippen LogP contribution in [0.5, 0.6) is 0 Å². The summed E-state index contributed by atoms with van der Waals surface area (Å²) in [6.07, 6.45) is 2.06. The summed E-state index contributed by atoms with van der Waals surface area (Å²) in [7, 11) is 0. The largest absolute Gasteiger partial charge is 0.421 e. The summed E-state index contributed by atoms with van der Waals surface area (Å²) in [5.74, 6) is -0.142. The van der Waals surface area contributed by atoms with Crippen LogP contribution in [-0.4, -0.2) is 11.9 Å². The zero-order valence-corrected chi connectivity index (χ0v) is 19.0. The zero-order valence-electron chi connectivity index (χ0n) is 14.3. The van der Waals surface area contributed by atoms with Crippen LogP contribution in [0.25, 0.3) is 0 Å². The summed E-state index contributed by atoms with van der Waals surface area (Å²) in [6.45, 7) is 0. The third-order valence-electron chi connectivity index (χ3n) is 3.99. The number of hydrogen-bond acceptors (Lipinski definition) is 3. The van der Waals surface area contributed by atoms with Crippen LogP contribution >= 0.6 is 55.1 Å². The Hall–Kier alpha value is -1.60. The molecule has 8 heteroatoms. The van der Waals surface area contributed by atoms with Crippen molar-refractivity contribution in [2.24, 2.45) is 0 Å². The fourth-order valence-electron chi connectivity index (χ4n) is 2.69. The SMILES string of the molecule is O=C(Cc1c(Cl)cccc1Cl)Nc1ccc(CC2=CC(=O)OC2=C(Br)Br)cc1. The first kappa shape index (κ1) is 21.1. The highest BCUT2D eigenvalue weighted by atomic mass is 79.9. The Labute approximate surface area is 188 Å². The van der Waals surface area contributed by atoms with E-state index in [2.05, 4.69) is 37.2 Å². The number of carbonyl (C=O) groups is 2. The highest BCUT2D eigenvalue weighted by Crippen LogP contribution is 2.32. The molecule has 0 radical (unpaired) electrons. The second kappa shape index (κ2) is 9.27. The van der Waals surface area contributed by atoms with Crippen molar-refractivity contribution in [3.63, 3.8) is 0 Å². The van der Waals surface area contributed by atoms with Crippen molar-refractivity contribution in [3.8, 4) is 0 Å². The summed E-state index contributed by atoms with van der Waals surface area (Å²) >= 11 is 18.8. The van der Waals surface area contributed by atoms with Crippen molar-refractivity contribution >= 4 is 72.6 Å². The van der Waals surface area contributed by atoms with Crippen molar-refractivity contribution in [1.29, 1.82) is 0 Å². The Bertz CT molecular complexity index is 977. The summed E-state index contributed by atoms with van der Waals surface area (Å²) in [4.78, 5) is 23.8. The monoisotopic (exact) mass is 543 g/mol. The maximum Gasteiger partial charge on any atom is 0.336 e. The molecule has 0 fully saturated rings. The number of nitrogens with one attached hydrogen (secondary N) is 1. The lowest BCUT2D eigenvalue weighted by Gasteiger charge is -2.09. The molecule has 28 heavy (non-hydrogen) atoms. The Morgan fingerprint density at radius 3 is 2.29 bits per heavy atom. The zero-order chi connectivity index (χ0) is 20.3. The maximum atomic E-state index is 12.3. The lowest BCUT2D eigenvalue weighted by Crippen LogP contribution is -2.15. The molecule has 2 aromatic rings. The van der Waals surface area contributed by atoms with Gasteiger partial charge in [-0.25, -0.2) is 4.79 Å². The molecule has 0 aromatic heterocycles. The topological polar surface area (TPSA) is 55.4 Å². The molecule has 3 rings (SSSR count). The van der Waals surface area contributed by atoms with Gasteiger partial charge in [0.1, 0.15) is 3.39 Å². The van der Waals surface area contributed by atoms with Crippen LogP contribution in [0, 0.1) is 0 Å². The van der Waals surface area contributed by atoms with Crippen molar-refractivity contribution in [3.05, 3.63) is 84.4 Å². The molecule has 1 aliphatic heterocycles. The average molecular weight is 546 g/mol. The van der Waals surface area contributed by atoms with Crippen LogP contribution in [0.2, 0.25) is 10.0 Å².